The van der Waals surface area contributed by atoms with Gasteiger partial charge < -0.3 is 4.90 Å². The van der Waals surface area contributed by atoms with E-state index in [4.69, 9.17) is 5.26 Å². The number of carbonyl (C=O) groups excluding carboxylic acids is 1. The van der Waals surface area contributed by atoms with E-state index in [1.807, 2.05) is 45.0 Å². The second kappa shape index (κ2) is 8.05. The van der Waals surface area contributed by atoms with Crippen LogP contribution in [0.5, 0.6) is 0 Å². The number of aromatic nitrogens is 2. The van der Waals surface area contributed by atoms with Crippen molar-refractivity contribution >= 4 is 16.8 Å². The molecular formula is C22H22N4O2. The van der Waals surface area contributed by atoms with Crippen LogP contribution >= 0.6 is 0 Å². The van der Waals surface area contributed by atoms with Gasteiger partial charge >= 0.3 is 0 Å². The highest BCUT2D eigenvalue weighted by Crippen LogP contribution is 2.21. The highest BCUT2D eigenvalue weighted by Gasteiger charge is 2.21. The molecule has 1 unspecified atom stereocenters. The molecule has 3 aromatic rings. The fraction of sp³-hybridized carbons (Fsp3) is 0.273. The van der Waals surface area contributed by atoms with Crippen LogP contribution < -0.4 is 5.56 Å². The Morgan fingerprint density at radius 1 is 1.25 bits per heavy atom. The molecule has 0 radical (unpaired) electrons. The Labute approximate surface area is 163 Å². The molecule has 142 valence electrons. The molecule has 1 atom stereocenters. The first-order chi connectivity index (χ1) is 13.5. The minimum Gasteiger partial charge on any atom is -0.335 e. The van der Waals surface area contributed by atoms with Gasteiger partial charge in [0.25, 0.3) is 5.56 Å². The number of benzene rings is 2. The third-order valence-corrected chi connectivity index (χ3v) is 5.01. The van der Waals surface area contributed by atoms with E-state index in [0.29, 0.717) is 23.0 Å². The average molecular weight is 374 g/mol. The summed E-state index contributed by atoms with van der Waals surface area (Å²) in [6.07, 6.45) is 1.44. The van der Waals surface area contributed by atoms with E-state index < -0.39 is 0 Å². The predicted octanol–water partition coefficient (Wildman–Crippen LogP) is 3.19. The van der Waals surface area contributed by atoms with Crippen LogP contribution in [0.25, 0.3) is 10.9 Å². The van der Waals surface area contributed by atoms with Gasteiger partial charge in [-0.1, -0.05) is 24.3 Å². The summed E-state index contributed by atoms with van der Waals surface area (Å²) >= 11 is 0. The number of nitriles is 1. The van der Waals surface area contributed by atoms with Gasteiger partial charge in [-0.2, -0.15) is 5.26 Å². The van der Waals surface area contributed by atoms with Crippen LogP contribution in [0.4, 0.5) is 0 Å². The third-order valence-electron chi connectivity index (χ3n) is 5.01. The molecular weight excluding hydrogens is 352 g/mol. The van der Waals surface area contributed by atoms with Gasteiger partial charge in [-0.15, -0.1) is 0 Å². The summed E-state index contributed by atoms with van der Waals surface area (Å²) in [5, 5.41) is 9.45. The van der Waals surface area contributed by atoms with Gasteiger partial charge in [0, 0.05) is 6.54 Å². The number of hydrogen-bond donors (Lipinski definition) is 0. The number of fused-ring (bicyclic) bond motifs is 1. The molecule has 28 heavy (non-hydrogen) atoms. The van der Waals surface area contributed by atoms with Crippen molar-refractivity contribution in [3.05, 3.63) is 75.8 Å². The molecule has 2 aromatic carbocycles. The fourth-order valence-electron chi connectivity index (χ4n) is 3.37. The summed E-state index contributed by atoms with van der Waals surface area (Å²) in [7, 11) is 0. The minimum atomic E-state index is -0.218. The molecule has 1 aromatic heterocycles. The van der Waals surface area contributed by atoms with Gasteiger partial charge in [0.15, 0.2) is 0 Å². The van der Waals surface area contributed by atoms with E-state index in [0.717, 1.165) is 11.1 Å². The highest BCUT2D eigenvalue weighted by molar-refractivity contribution is 5.81. The molecule has 0 spiro atoms. The van der Waals surface area contributed by atoms with Crippen molar-refractivity contribution in [1.29, 1.82) is 5.26 Å². The zero-order valence-corrected chi connectivity index (χ0v) is 16.2. The summed E-state index contributed by atoms with van der Waals surface area (Å²) in [5.74, 6) is -0.157. The Bertz CT molecular complexity index is 1110. The number of rotatable bonds is 5. The van der Waals surface area contributed by atoms with Crippen LogP contribution in [-0.2, 0) is 11.3 Å². The molecule has 0 saturated heterocycles. The second-order valence-electron chi connectivity index (χ2n) is 6.74. The van der Waals surface area contributed by atoms with Gasteiger partial charge in [-0.05, 0) is 50.1 Å². The molecule has 0 aliphatic heterocycles. The topological polar surface area (TPSA) is 79.0 Å². The Hall–Kier alpha value is -3.46. The minimum absolute atomic E-state index is 0.0653. The number of nitrogens with zero attached hydrogens (tertiary/aromatic N) is 4. The summed E-state index contributed by atoms with van der Waals surface area (Å²) < 4.78 is 1.36. The maximum Gasteiger partial charge on any atom is 0.261 e. The molecule has 1 amide bonds. The van der Waals surface area contributed by atoms with E-state index in [1.165, 1.54) is 10.9 Å². The molecule has 0 saturated carbocycles. The van der Waals surface area contributed by atoms with Crippen LogP contribution in [-0.4, -0.2) is 26.9 Å². The largest absolute Gasteiger partial charge is 0.335 e. The van der Waals surface area contributed by atoms with E-state index in [1.54, 1.807) is 23.1 Å². The Kier molecular flexibility index (Phi) is 5.55. The first-order valence-electron chi connectivity index (χ1n) is 9.20. The van der Waals surface area contributed by atoms with Gasteiger partial charge in [-0.3, -0.25) is 14.2 Å². The number of likely N-dealkylation sites (N-methyl/N-ethyl adjacent to an activating group) is 1. The molecule has 0 bridgehead atoms. The number of amides is 1. The molecule has 6 nitrogen and oxygen atoms in total. The summed E-state index contributed by atoms with van der Waals surface area (Å²) in [6.45, 7) is 6.19. The summed E-state index contributed by atoms with van der Waals surface area (Å²) in [6, 6.07) is 14.6. The molecule has 0 aliphatic rings. The van der Waals surface area contributed by atoms with Crippen molar-refractivity contribution in [2.75, 3.05) is 6.54 Å². The van der Waals surface area contributed by atoms with E-state index in [-0.39, 0.29) is 24.1 Å². The van der Waals surface area contributed by atoms with E-state index in [2.05, 4.69) is 11.1 Å². The zero-order chi connectivity index (χ0) is 20.3. The maximum atomic E-state index is 12.9. The monoisotopic (exact) mass is 374 g/mol. The molecule has 0 fully saturated rings. The molecule has 0 N–H and O–H groups in total. The number of hydrogen-bond acceptors (Lipinski definition) is 4. The fourth-order valence-corrected chi connectivity index (χ4v) is 3.37. The molecule has 0 aliphatic carbocycles. The van der Waals surface area contributed by atoms with Gasteiger partial charge in [-0.25, -0.2) is 4.98 Å². The summed E-state index contributed by atoms with van der Waals surface area (Å²) in [5.41, 5.74) is 2.89. The van der Waals surface area contributed by atoms with Crippen LogP contribution in [0.3, 0.4) is 0 Å². The smallest absolute Gasteiger partial charge is 0.261 e. The Morgan fingerprint density at radius 2 is 1.96 bits per heavy atom. The van der Waals surface area contributed by atoms with Crippen molar-refractivity contribution in [3.63, 3.8) is 0 Å². The van der Waals surface area contributed by atoms with E-state index in [9.17, 15) is 9.59 Å². The van der Waals surface area contributed by atoms with Crippen molar-refractivity contribution in [1.82, 2.24) is 14.5 Å². The van der Waals surface area contributed by atoms with Crippen LogP contribution in [0.2, 0.25) is 0 Å². The van der Waals surface area contributed by atoms with Crippen molar-refractivity contribution in [3.8, 4) is 6.07 Å². The third kappa shape index (κ3) is 3.65. The SMILES string of the molecule is CCN(C(=O)Cn1cnc2c(C)cccc2c1=O)C(C)c1ccc(C#N)cc1. The van der Waals surface area contributed by atoms with Crippen molar-refractivity contribution in [2.45, 2.75) is 33.4 Å². The van der Waals surface area contributed by atoms with Crippen molar-refractivity contribution in [2.24, 2.45) is 0 Å². The lowest BCUT2D eigenvalue weighted by atomic mass is 10.0. The first-order valence-corrected chi connectivity index (χ1v) is 9.20. The van der Waals surface area contributed by atoms with Gasteiger partial charge in [0.2, 0.25) is 5.91 Å². The average Bonchev–Trinajstić information content (AvgIpc) is 2.71. The standard InChI is InChI=1S/C22H22N4O2/c1-4-26(16(3)18-10-8-17(12-23)9-11-18)20(27)13-25-14-24-21-15(2)6-5-7-19(21)22(25)28/h5-11,14,16H,4,13H2,1-3H3. The van der Waals surface area contributed by atoms with Gasteiger partial charge in [0.05, 0.1) is 34.9 Å². The van der Waals surface area contributed by atoms with Crippen LogP contribution in [0, 0.1) is 18.3 Å². The molecule has 6 heteroatoms. The Balaban J connectivity index is 1.86. The molecule has 3 rings (SSSR count). The van der Waals surface area contributed by atoms with Crippen LogP contribution in [0.1, 0.15) is 36.6 Å². The highest BCUT2D eigenvalue weighted by atomic mass is 16.2. The normalized spacial score (nSPS) is 11.8. The number of aryl methyl sites for hydroxylation is 1. The number of para-hydroxylation sites is 1. The van der Waals surface area contributed by atoms with Gasteiger partial charge in [0.1, 0.15) is 6.54 Å². The van der Waals surface area contributed by atoms with E-state index >= 15 is 0 Å². The quantitative estimate of drug-likeness (QED) is 0.687. The molecule has 1 heterocycles. The maximum absolute atomic E-state index is 12.9. The van der Waals surface area contributed by atoms with Crippen LogP contribution in [0.15, 0.2) is 53.6 Å². The Morgan fingerprint density at radius 3 is 2.61 bits per heavy atom. The summed E-state index contributed by atoms with van der Waals surface area (Å²) in [4.78, 5) is 31.8. The first kappa shape index (κ1) is 19.3. The lowest BCUT2D eigenvalue weighted by Crippen LogP contribution is -2.38. The lowest BCUT2D eigenvalue weighted by molar-refractivity contribution is -0.133. The zero-order valence-electron chi connectivity index (χ0n) is 16.2. The van der Waals surface area contributed by atoms with Crippen molar-refractivity contribution < 1.29 is 4.79 Å². The lowest BCUT2D eigenvalue weighted by Gasteiger charge is -2.28. The second-order valence-corrected chi connectivity index (χ2v) is 6.74. The number of carbonyl (C=O) groups is 1. The predicted molar refractivity (Wildman–Crippen MR) is 108 cm³/mol.